The van der Waals surface area contributed by atoms with Crippen molar-refractivity contribution in [1.29, 1.82) is 0 Å². The summed E-state index contributed by atoms with van der Waals surface area (Å²) in [6, 6.07) is 5.05. The lowest BCUT2D eigenvalue weighted by atomic mass is 9.92. The molecule has 0 spiro atoms. The quantitative estimate of drug-likeness (QED) is 0.514. The van der Waals surface area contributed by atoms with Crippen LogP contribution < -0.4 is 4.74 Å². The summed E-state index contributed by atoms with van der Waals surface area (Å²) in [5.41, 5.74) is 1.61. The van der Waals surface area contributed by atoms with Crippen molar-refractivity contribution in [2.24, 2.45) is 5.41 Å². The average molecular weight is 382 g/mol. The summed E-state index contributed by atoms with van der Waals surface area (Å²) in [6.45, 7) is 7.75. The van der Waals surface area contributed by atoms with Crippen LogP contribution in [0.25, 0.3) is 0 Å². The Kier molecular flexibility index (Phi) is 6.60. The van der Waals surface area contributed by atoms with E-state index in [-0.39, 0.29) is 11.2 Å². The molecule has 0 aromatic heterocycles. The molecule has 0 fully saturated rings. The third-order valence-electron chi connectivity index (χ3n) is 3.82. The van der Waals surface area contributed by atoms with Crippen LogP contribution in [0, 0.1) is 5.41 Å². The van der Waals surface area contributed by atoms with Gasteiger partial charge in [-0.3, -0.25) is 4.79 Å². The lowest BCUT2D eigenvalue weighted by Crippen LogP contribution is -2.29. The number of hydrogen-bond acceptors (Lipinski definition) is 5. The van der Waals surface area contributed by atoms with Crippen molar-refractivity contribution in [3.8, 4) is 5.75 Å². The Morgan fingerprint density at radius 2 is 2.04 bits per heavy atom. The maximum Gasteiger partial charge on any atom is 0.192 e. The lowest BCUT2D eigenvalue weighted by Gasteiger charge is -2.31. The molecule has 0 radical (unpaired) electrons. The molecule has 1 heterocycles. The van der Waals surface area contributed by atoms with E-state index in [9.17, 15) is 4.79 Å². The SMILES string of the molecule is COCCN1C(C(C)(C)C)=CS/C1=C\C(=O)c1cc(Cl)ccc1OC. The number of hydrogen-bond donors (Lipinski definition) is 0. The Labute approximate surface area is 158 Å². The summed E-state index contributed by atoms with van der Waals surface area (Å²) in [6.07, 6.45) is 1.64. The van der Waals surface area contributed by atoms with Crippen molar-refractivity contribution in [2.75, 3.05) is 27.4 Å². The van der Waals surface area contributed by atoms with Crippen molar-refractivity contribution in [1.82, 2.24) is 4.90 Å². The van der Waals surface area contributed by atoms with Gasteiger partial charge in [-0.05, 0) is 23.6 Å². The summed E-state index contributed by atoms with van der Waals surface area (Å²) in [7, 11) is 3.22. The molecule has 136 valence electrons. The molecular formula is C19H24ClNO3S. The standard InChI is InChI=1S/C19H24ClNO3S/c1-19(2,3)17-12-25-18(21(17)8-9-23-4)11-15(22)14-10-13(20)6-7-16(14)24-5/h6-7,10-12H,8-9H2,1-5H3/b18-11-. The number of carbonyl (C=O) groups excluding carboxylic acids is 1. The smallest absolute Gasteiger partial charge is 0.192 e. The molecule has 0 atom stereocenters. The molecule has 25 heavy (non-hydrogen) atoms. The second-order valence-electron chi connectivity index (χ2n) is 6.71. The second kappa shape index (κ2) is 8.30. The zero-order valence-electron chi connectivity index (χ0n) is 15.3. The number of halogens is 1. The van der Waals surface area contributed by atoms with Crippen LogP contribution >= 0.6 is 23.4 Å². The Morgan fingerprint density at radius 3 is 2.64 bits per heavy atom. The Bertz CT molecular complexity index is 707. The number of ketones is 1. The number of allylic oxidation sites excluding steroid dienone is 2. The van der Waals surface area contributed by atoms with E-state index in [0.717, 1.165) is 5.03 Å². The van der Waals surface area contributed by atoms with Gasteiger partial charge in [0.25, 0.3) is 0 Å². The molecular weight excluding hydrogens is 358 g/mol. The number of thioether (sulfide) groups is 1. The van der Waals surface area contributed by atoms with Crippen LogP contribution in [0.2, 0.25) is 5.02 Å². The number of rotatable bonds is 6. The molecule has 1 aromatic rings. The van der Waals surface area contributed by atoms with Gasteiger partial charge < -0.3 is 14.4 Å². The van der Waals surface area contributed by atoms with E-state index in [1.165, 1.54) is 5.70 Å². The fraction of sp³-hybridized carbons (Fsp3) is 0.421. The molecule has 4 nitrogen and oxygen atoms in total. The van der Waals surface area contributed by atoms with Gasteiger partial charge in [0.2, 0.25) is 0 Å². The first-order chi connectivity index (χ1) is 11.8. The van der Waals surface area contributed by atoms with Crippen molar-refractivity contribution in [3.05, 3.63) is 51.0 Å². The van der Waals surface area contributed by atoms with Gasteiger partial charge in [-0.1, -0.05) is 44.1 Å². The Morgan fingerprint density at radius 1 is 1.32 bits per heavy atom. The van der Waals surface area contributed by atoms with Gasteiger partial charge in [0.1, 0.15) is 5.75 Å². The van der Waals surface area contributed by atoms with Crippen LogP contribution in [0.4, 0.5) is 0 Å². The van der Waals surface area contributed by atoms with Crippen LogP contribution in [-0.4, -0.2) is 38.1 Å². The first-order valence-electron chi connectivity index (χ1n) is 8.01. The van der Waals surface area contributed by atoms with E-state index in [1.807, 2.05) is 0 Å². The van der Waals surface area contributed by atoms with E-state index in [4.69, 9.17) is 21.1 Å². The molecule has 0 unspecified atom stereocenters. The van der Waals surface area contributed by atoms with Crippen LogP contribution in [0.15, 0.2) is 40.4 Å². The normalized spacial score (nSPS) is 16.3. The Balaban J connectivity index is 2.33. The molecule has 2 rings (SSSR count). The van der Waals surface area contributed by atoms with E-state index in [1.54, 1.807) is 50.3 Å². The van der Waals surface area contributed by atoms with Crippen LogP contribution in [0.5, 0.6) is 5.75 Å². The maximum atomic E-state index is 12.8. The van der Waals surface area contributed by atoms with Gasteiger partial charge in [0.05, 0.1) is 24.3 Å². The fourth-order valence-electron chi connectivity index (χ4n) is 2.53. The number of nitrogens with zero attached hydrogens (tertiary/aromatic N) is 1. The minimum Gasteiger partial charge on any atom is -0.496 e. The maximum absolute atomic E-state index is 12.8. The van der Waals surface area contributed by atoms with Crippen LogP contribution in [0.3, 0.4) is 0 Å². The largest absolute Gasteiger partial charge is 0.496 e. The third-order valence-corrected chi connectivity index (χ3v) is 4.97. The summed E-state index contributed by atoms with van der Waals surface area (Å²) in [4.78, 5) is 14.9. The van der Waals surface area contributed by atoms with Crippen molar-refractivity contribution >= 4 is 29.1 Å². The first kappa shape index (κ1) is 19.9. The Hall–Kier alpha value is -1.43. The predicted octanol–water partition coefficient (Wildman–Crippen LogP) is 4.96. The highest BCUT2D eigenvalue weighted by Gasteiger charge is 2.30. The molecule has 0 bridgehead atoms. The average Bonchev–Trinajstić information content (AvgIpc) is 2.95. The molecule has 0 aliphatic carbocycles. The molecule has 0 amide bonds. The number of methoxy groups -OCH3 is 2. The topological polar surface area (TPSA) is 38.8 Å². The van der Waals surface area contributed by atoms with Gasteiger partial charge >= 0.3 is 0 Å². The zero-order valence-corrected chi connectivity index (χ0v) is 16.8. The van der Waals surface area contributed by atoms with E-state index in [0.29, 0.717) is 29.5 Å². The van der Waals surface area contributed by atoms with Gasteiger partial charge in [-0.15, -0.1) is 0 Å². The van der Waals surface area contributed by atoms with E-state index < -0.39 is 0 Å². The molecule has 0 N–H and O–H groups in total. The van der Waals surface area contributed by atoms with E-state index in [2.05, 4.69) is 31.1 Å². The van der Waals surface area contributed by atoms with Crippen LogP contribution in [-0.2, 0) is 4.74 Å². The molecule has 1 aliphatic rings. The first-order valence-corrected chi connectivity index (χ1v) is 9.27. The monoisotopic (exact) mass is 381 g/mol. The molecule has 0 saturated heterocycles. The number of ether oxygens (including phenoxy) is 2. The van der Waals surface area contributed by atoms with Gasteiger partial charge in [-0.2, -0.15) is 0 Å². The van der Waals surface area contributed by atoms with Crippen LogP contribution in [0.1, 0.15) is 31.1 Å². The van der Waals surface area contributed by atoms with Crippen molar-refractivity contribution in [2.45, 2.75) is 20.8 Å². The minimum absolute atomic E-state index is 0.0207. The number of benzene rings is 1. The van der Waals surface area contributed by atoms with E-state index >= 15 is 0 Å². The van der Waals surface area contributed by atoms with Crippen molar-refractivity contribution in [3.63, 3.8) is 0 Å². The molecule has 1 aromatic carbocycles. The van der Waals surface area contributed by atoms with Gasteiger partial charge in [0.15, 0.2) is 5.78 Å². The zero-order chi connectivity index (χ0) is 18.6. The molecule has 0 saturated carbocycles. The number of carbonyl (C=O) groups is 1. The summed E-state index contributed by atoms with van der Waals surface area (Å²) in [5, 5.41) is 3.49. The second-order valence-corrected chi connectivity index (χ2v) is 8.03. The molecule has 6 heteroatoms. The van der Waals surface area contributed by atoms with Crippen molar-refractivity contribution < 1.29 is 14.3 Å². The highest BCUT2D eigenvalue weighted by molar-refractivity contribution is 8.06. The van der Waals surface area contributed by atoms with Gasteiger partial charge in [0, 0.05) is 35.9 Å². The summed E-state index contributed by atoms with van der Waals surface area (Å²) >= 11 is 7.60. The highest BCUT2D eigenvalue weighted by atomic mass is 35.5. The fourth-order valence-corrected chi connectivity index (χ4v) is 3.91. The lowest BCUT2D eigenvalue weighted by molar-refractivity contribution is 0.104. The highest BCUT2D eigenvalue weighted by Crippen LogP contribution is 2.42. The third kappa shape index (κ3) is 4.81. The molecule has 1 aliphatic heterocycles. The minimum atomic E-state index is -0.132. The summed E-state index contributed by atoms with van der Waals surface area (Å²) < 4.78 is 10.5. The summed E-state index contributed by atoms with van der Waals surface area (Å²) in [5.74, 6) is 0.384. The van der Waals surface area contributed by atoms with Gasteiger partial charge in [-0.25, -0.2) is 0 Å². The predicted molar refractivity (Wildman–Crippen MR) is 104 cm³/mol.